The van der Waals surface area contributed by atoms with Gasteiger partial charge in [-0.1, -0.05) is 62.9 Å². The zero-order valence-corrected chi connectivity index (χ0v) is 30.0. The van der Waals surface area contributed by atoms with Crippen molar-refractivity contribution in [1.82, 2.24) is 30.0 Å². The molecule has 3 aliphatic rings. The van der Waals surface area contributed by atoms with Crippen molar-refractivity contribution in [2.24, 2.45) is 23.7 Å². The van der Waals surface area contributed by atoms with Gasteiger partial charge in [-0.3, -0.25) is 19.1 Å². The summed E-state index contributed by atoms with van der Waals surface area (Å²) >= 11 is 0. The molecule has 1 unspecified atom stereocenters. The van der Waals surface area contributed by atoms with E-state index in [0.717, 1.165) is 47.3 Å². The number of nitrogens with zero attached hydrogens (tertiary/aromatic N) is 5. The Labute approximate surface area is 295 Å². The van der Waals surface area contributed by atoms with Gasteiger partial charge >= 0.3 is 5.97 Å². The first-order valence-electron chi connectivity index (χ1n) is 18.5. The lowest BCUT2D eigenvalue weighted by Crippen LogP contribution is -2.59. The van der Waals surface area contributed by atoms with Crippen LogP contribution < -0.4 is 5.32 Å². The quantitative estimate of drug-likeness (QED) is 0.229. The predicted molar refractivity (Wildman–Crippen MR) is 193 cm³/mol. The minimum atomic E-state index is -0.922. The predicted octanol–water partition coefficient (Wildman–Crippen LogP) is 6.77. The smallest absolute Gasteiger partial charge is 0.310 e. The van der Waals surface area contributed by atoms with Gasteiger partial charge in [-0.05, 0) is 81.8 Å². The van der Waals surface area contributed by atoms with E-state index < -0.39 is 23.8 Å². The molecule has 1 aliphatic heterocycles. The van der Waals surface area contributed by atoms with Crippen LogP contribution in [0.2, 0.25) is 0 Å². The van der Waals surface area contributed by atoms with Crippen LogP contribution in [0.1, 0.15) is 107 Å². The summed E-state index contributed by atoms with van der Waals surface area (Å²) in [6.45, 7) is 8.53. The molecule has 10 heteroatoms. The second-order valence-electron chi connectivity index (χ2n) is 15.7. The highest BCUT2D eigenvalue weighted by Gasteiger charge is 2.39. The number of likely N-dealkylation sites (tertiary alicyclic amines) is 1. The molecule has 2 atom stereocenters. The topological polar surface area (TPSA) is 130 Å². The Bertz CT molecular complexity index is 1680. The largest absolute Gasteiger partial charge is 0.481 e. The van der Waals surface area contributed by atoms with Crippen LogP contribution in [0.3, 0.4) is 0 Å². The molecular weight excluding hydrogens is 628 g/mol. The van der Waals surface area contributed by atoms with Crippen LogP contribution in [0.25, 0.3) is 17.0 Å². The summed E-state index contributed by atoms with van der Waals surface area (Å²) in [5.41, 5.74) is 4.22. The second-order valence-corrected chi connectivity index (χ2v) is 15.7. The number of nitrogens with one attached hydrogen (secondary N) is 1. The van der Waals surface area contributed by atoms with E-state index in [9.17, 15) is 19.5 Å². The number of allylic oxidation sites excluding steroid dienone is 2. The summed E-state index contributed by atoms with van der Waals surface area (Å²) < 4.78 is 1.71. The maximum atomic E-state index is 13.5. The van der Waals surface area contributed by atoms with Gasteiger partial charge in [0, 0.05) is 49.2 Å². The molecule has 0 spiro atoms. The fourth-order valence-electron chi connectivity index (χ4n) is 7.85. The van der Waals surface area contributed by atoms with Crippen LogP contribution in [0.15, 0.2) is 55.1 Å². The highest BCUT2D eigenvalue weighted by molar-refractivity contribution is 5.97. The van der Waals surface area contributed by atoms with Crippen molar-refractivity contribution in [2.75, 3.05) is 13.1 Å². The van der Waals surface area contributed by atoms with Crippen molar-refractivity contribution in [2.45, 2.75) is 103 Å². The molecule has 0 radical (unpaired) electrons. The van der Waals surface area contributed by atoms with Crippen LogP contribution in [0.4, 0.5) is 0 Å². The number of carboxylic acids is 1. The lowest BCUT2D eigenvalue weighted by molar-refractivity contribution is -0.153. The standard InChI is InChI=1S/C40H52N6O4/c1-5-6-26-7-11-28(12-8-26)29-15-17-30(18-16-29)32-20-41-36(42-21-32)31-13-9-27(10-14-31)19-35(38(48)45-23-34(24-45)39(49)50)44-37(47)33-22-43-46(25-33)40(2,3)4/h9-10,13-14,17,20-22,25-26,28-29,34-35H,5-8,11-12,15-16,18-19,23-24H2,1-4H3,(H,44,47)(H,49,50)/t26?,28?,29?,35-/m0/s1. The van der Waals surface area contributed by atoms with E-state index in [1.54, 1.807) is 10.9 Å². The fourth-order valence-corrected chi connectivity index (χ4v) is 7.85. The molecule has 2 amide bonds. The van der Waals surface area contributed by atoms with Crippen LogP contribution in [0.5, 0.6) is 0 Å². The number of carboxylic acid groups (broad SMARTS) is 1. The minimum Gasteiger partial charge on any atom is -0.481 e. The molecule has 266 valence electrons. The summed E-state index contributed by atoms with van der Waals surface area (Å²) in [7, 11) is 0. The molecule has 6 rings (SSSR count). The Morgan fingerprint density at radius 1 is 0.940 bits per heavy atom. The first-order valence-corrected chi connectivity index (χ1v) is 18.5. The molecule has 1 saturated heterocycles. The molecule has 2 N–H and O–H groups in total. The summed E-state index contributed by atoms with van der Waals surface area (Å²) in [6.07, 6.45) is 21.5. The lowest BCUT2D eigenvalue weighted by atomic mass is 9.70. The number of hydrogen-bond donors (Lipinski definition) is 2. The van der Waals surface area contributed by atoms with Gasteiger partial charge in [0.2, 0.25) is 5.91 Å². The van der Waals surface area contributed by atoms with Crippen molar-refractivity contribution in [3.05, 3.63) is 71.8 Å². The Morgan fingerprint density at radius 2 is 1.64 bits per heavy atom. The van der Waals surface area contributed by atoms with Crippen LogP contribution in [-0.4, -0.2) is 66.7 Å². The number of aliphatic carboxylic acids is 1. The van der Waals surface area contributed by atoms with Crippen molar-refractivity contribution in [3.8, 4) is 11.4 Å². The van der Waals surface area contributed by atoms with E-state index in [1.807, 2.05) is 57.4 Å². The summed E-state index contributed by atoms with van der Waals surface area (Å²) in [5, 5.41) is 16.5. The van der Waals surface area contributed by atoms with Gasteiger partial charge in [0.25, 0.3) is 5.91 Å². The first kappa shape index (κ1) is 35.5. The molecule has 50 heavy (non-hydrogen) atoms. The Kier molecular flexibility index (Phi) is 10.8. The van der Waals surface area contributed by atoms with E-state index in [1.165, 1.54) is 61.6 Å². The third-order valence-electron chi connectivity index (χ3n) is 11.1. The van der Waals surface area contributed by atoms with Gasteiger partial charge < -0.3 is 15.3 Å². The summed E-state index contributed by atoms with van der Waals surface area (Å²) in [4.78, 5) is 49.0. The van der Waals surface area contributed by atoms with Gasteiger partial charge in [0.05, 0.1) is 23.2 Å². The van der Waals surface area contributed by atoms with E-state index in [2.05, 4.69) is 23.4 Å². The van der Waals surface area contributed by atoms with Crippen molar-refractivity contribution in [3.63, 3.8) is 0 Å². The monoisotopic (exact) mass is 680 g/mol. The van der Waals surface area contributed by atoms with Gasteiger partial charge in [-0.2, -0.15) is 5.10 Å². The van der Waals surface area contributed by atoms with E-state index in [0.29, 0.717) is 11.4 Å². The number of carbonyl (C=O) groups is 3. The molecule has 2 fully saturated rings. The average molecular weight is 681 g/mol. The van der Waals surface area contributed by atoms with Crippen molar-refractivity contribution in [1.29, 1.82) is 0 Å². The van der Waals surface area contributed by atoms with E-state index >= 15 is 0 Å². The van der Waals surface area contributed by atoms with Crippen LogP contribution in [0, 0.1) is 23.7 Å². The Balaban J connectivity index is 1.08. The molecular formula is C40H52N6O4. The minimum absolute atomic E-state index is 0.131. The highest BCUT2D eigenvalue weighted by Crippen LogP contribution is 2.42. The van der Waals surface area contributed by atoms with E-state index in [4.69, 9.17) is 9.97 Å². The van der Waals surface area contributed by atoms with Crippen LogP contribution >= 0.6 is 0 Å². The maximum absolute atomic E-state index is 13.5. The zero-order chi connectivity index (χ0) is 35.4. The Morgan fingerprint density at radius 3 is 2.22 bits per heavy atom. The maximum Gasteiger partial charge on any atom is 0.310 e. The van der Waals surface area contributed by atoms with Gasteiger partial charge in [-0.15, -0.1) is 0 Å². The number of rotatable bonds is 11. The zero-order valence-electron chi connectivity index (χ0n) is 30.0. The normalized spacial score (nSPS) is 22.0. The molecule has 2 aliphatic carbocycles. The SMILES string of the molecule is CCCC1CCC(C2CC=C(c3cnc(-c4ccc(C[C@H](NC(=O)c5cnn(C(C)(C)C)c5)C(=O)N5CC(C(=O)O)C5)cc4)nc3)CC2)CC1. The molecule has 10 nitrogen and oxygen atoms in total. The molecule has 0 bridgehead atoms. The third kappa shape index (κ3) is 8.33. The fraction of sp³-hybridized carbons (Fsp3) is 0.550. The van der Waals surface area contributed by atoms with Crippen LogP contribution in [-0.2, 0) is 21.5 Å². The molecule has 3 aromatic rings. The number of carbonyl (C=O) groups excluding carboxylic acids is 2. The van der Waals surface area contributed by atoms with Gasteiger partial charge in [0.15, 0.2) is 5.82 Å². The average Bonchev–Trinajstić information content (AvgIpc) is 3.60. The first-order chi connectivity index (χ1) is 24.0. The summed E-state index contributed by atoms with van der Waals surface area (Å²) in [5.74, 6) is 1.06. The molecule has 3 heterocycles. The van der Waals surface area contributed by atoms with Gasteiger partial charge in [0.1, 0.15) is 6.04 Å². The summed E-state index contributed by atoms with van der Waals surface area (Å²) in [6, 6.07) is 6.85. The number of benzene rings is 1. The third-order valence-corrected chi connectivity index (χ3v) is 11.1. The Hall–Kier alpha value is -4.34. The van der Waals surface area contributed by atoms with Crippen molar-refractivity contribution >= 4 is 23.4 Å². The second kappa shape index (κ2) is 15.3. The number of hydrogen-bond acceptors (Lipinski definition) is 6. The van der Waals surface area contributed by atoms with Gasteiger partial charge in [-0.25, -0.2) is 9.97 Å². The molecule has 1 aromatic carbocycles. The van der Waals surface area contributed by atoms with E-state index in [-0.39, 0.29) is 31.0 Å². The lowest BCUT2D eigenvalue weighted by Gasteiger charge is -2.38. The number of amides is 2. The number of aromatic nitrogens is 4. The molecule has 2 aromatic heterocycles. The highest BCUT2D eigenvalue weighted by atomic mass is 16.4. The van der Waals surface area contributed by atoms with Crippen molar-refractivity contribution < 1.29 is 19.5 Å². The molecule has 1 saturated carbocycles.